The first kappa shape index (κ1) is 20.2. The Hall–Kier alpha value is -2.08. The Kier molecular flexibility index (Phi) is 7.03. The lowest BCUT2D eigenvalue weighted by molar-refractivity contribution is 0.0492. The van der Waals surface area contributed by atoms with Gasteiger partial charge in [0.25, 0.3) is 5.91 Å². The SMILES string of the molecule is CNC(=O)c1ccc(CN2CCCC[C@H]2CNC(=O)OC(C)(C)C)cc1. The van der Waals surface area contributed by atoms with Crippen LogP contribution in [0.5, 0.6) is 0 Å². The van der Waals surface area contributed by atoms with Crippen molar-refractivity contribution in [3.05, 3.63) is 35.4 Å². The van der Waals surface area contributed by atoms with Gasteiger partial charge >= 0.3 is 6.09 Å². The molecule has 26 heavy (non-hydrogen) atoms. The molecule has 1 saturated heterocycles. The van der Waals surface area contributed by atoms with Gasteiger partial charge in [0.05, 0.1) is 0 Å². The van der Waals surface area contributed by atoms with Gasteiger partial charge in [0.2, 0.25) is 0 Å². The Morgan fingerprint density at radius 2 is 1.88 bits per heavy atom. The lowest BCUT2D eigenvalue weighted by Gasteiger charge is -2.36. The van der Waals surface area contributed by atoms with E-state index in [1.165, 1.54) is 18.4 Å². The van der Waals surface area contributed by atoms with Gasteiger partial charge in [0.15, 0.2) is 0 Å². The first-order chi connectivity index (χ1) is 12.3. The summed E-state index contributed by atoms with van der Waals surface area (Å²) in [7, 11) is 1.63. The maximum Gasteiger partial charge on any atom is 0.407 e. The zero-order valence-corrected chi connectivity index (χ0v) is 16.3. The molecule has 1 atom stereocenters. The summed E-state index contributed by atoms with van der Waals surface area (Å²) < 4.78 is 5.32. The molecule has 0 saturated carbocycles. The Balaban J connectivity index is 1.91. The van der Waals surface area contributed by atoms with E-state index in [2.05, 4.69) is 15.5 Å². The maximum absolute atomic E-state index is 11.9. The van der Waals surface area contributed by atoms with Crippen LogP contribution in [0.1, 0.15) is 56.0 Å². The second kappa shape index (κ2) is 9.03. The van der Waals surface area contributed by atoms with Crippen LogP contribution < -0.4 is 10.6 Å². The van der Waals surface area contributed by atoms with Crippen molar-refractivity contribution in [2.24, 2.45) is 0 Å². The van der Waals surface area contributed by atoms with Gasteiger partial charge in [0, 0.05) is 31.7 Å². The van der Waals surface area contributed by atoms with Crippen LogP contribution in [0.3, 0.4) is 0 Å². The topological polar surface area (TPSA) is 70.7 Å². The molecule has 1 fully saturated rings. The van der Waals surface area contributed by atoms with Crippen molar-refractivity contribution in [3.63, 3.8) is 0 Å². The predicted molar refractivity (Wildman–Crippen MR) is 102 cm³/mol. The van der Waals surface area contributed by atoms with Gasteiger partial charge in [-0.05, 0) is 57.9 Å². The summed E-state index contributed by atoms with van der Waals surface area (Å²) in [5.74, 6) is -0.0750. The van der Waals surface area contributed by atoms with Crippen molar-refractivity contribution in [2.75, 3.05) is 20.1 Å². The lowest BCUT2D eigenvalue weighted by Crippen LogP contribution is -2.47. The maximum atomic E-state index is 11.9. The van der Waals surface area contributed by atoms with Crippen molar-refractivity contribution in [3.8, 4) is 0 Å². The van der Waals surface area contributed by atoms with E-state index >= 15 is 0 Å². The molecule has 0 bridgehead atoms. The van der Waals surface area contributed by atoms with Gasteiger partial charge in [0.1, 0.15) is 5.60 Å². The first-order valence-corrected chi connectivity index (χ1v) is 9.30. The third-order valence-electron chi connectivity index (χ3n) is 4.46. The molecule has 1 aliphatic rings. The summed E-state index contributed by atoms with van der Waals surface area (Å²) in [5, 5.41) is 5.53. The van der Waals surface area contributed by atoms with Crippen LogP contribution in [-0.2, 0) is 11.3 Å². The predicted octanol–water partition coefficient (Wildman–Crippen LogP) is 2.93. The molecule has 0 unspecified atom stereocenters. The number of rotatable bonds is 5. The minimum absolute atomic E-state index is 0.0750. The van der Waals surface area contributed by atoms with Crippen LogP contribution in [0.4, 0.5) is 4.79 Å². The molecule has 0 radical (unpaired) electrons. The van der Waals surface area contributed by atoms with Crippen LogP contribution in [0, 0.1) is 0 Å². The molecule has 2 N–H and O–H groups in total. The number of hydrogen-bond acceptors (Lipinski definition) is 4. The van der Waals surface area contributed by atoms with E-state index in [-0.39, 0.29) is 12.0 Å². The third-order valence-corrected chi connectivity index (χ3v) is 4.46. The van der Waals surface area contributed by atoms with Crippen molar-refractivity contribution in [1.29, 1.82) is 0 Å². The highest BCUT2D eigenvalue weighted by Crippen LogP contribution is 2.20. The average molecular weight is 361 g/mol. The molecule has 1 aromatic rings. The van der Waals surface area contributed by atoms with Gasteiger partial charge in [-0.1, -0.05) is 18.6 Å². The van der Waals surface area contributed by atoms with E-state index in [0.29, 0.717) is 18.2 Å². The van der Waals surface area contributed by atoms with E-state index < -0.39 is 5.60 Å². The molecule has 0 aliphatic carbocycles. The smallest absolute Gasteiger partial charge is 0.407 e. The monoisotopic (exact) mass is 361 g/mol. The second-order valence-electron chi connectivity index (χ2n) is 7.78. The Morgan fingerprint density at radius 3 is 2.50 bits per heavy atom. The first-order valence-electron chi connectivity index (χ1n) is 9.30. The summed E-state index contributed by atoms with van der Waals surface area (Å²) in [5.41, 5.74) is 1.35. The summed E-state index contributed by atoms with van der Waals surface area (Å²) in [6.07, 6.45) is 3.04. The van der Waals surface area contributed by atoms with Crippen molar-refractivity contribution < 1.29 is 14.3 Å². The highest BCUT2D eigenvalue weighted by Gasteiger charge is 2.24. The third kappa shape index (κ3) is 6.33. The molecule has 0 aromatic heterocycles. The molecule has 2 rings (SSSR count). The normalized spacial score (nSPS) is 18.2. The van der Waals surface area contributed by atoms with Gasteiger partial charge in [-0.15, -0.1) is 0 Å². The summed E-state index contributed by atoms with van der Waals surface area (Å²) in [4.78, 5) is 25.9. The number of ether oxygens (including phenoxy) is 1. The average Bonchev–Trinajstić information content (AvgIpc) is 2.59. The van der Waals surface area contributed by atoms with Gasteiger partial charge in [-0.2, -0.15) is 0 Å². The number of hydrogen-bond donors (Lipinski definition) is 2. The molecule has 1 aromatic carbocycles. The zero-order chi connectivity index (χ0) is 19.2. The number of likely N-dealkylation sites (tertiary alicyclic amines) is 1. The molecule has 2 amide bonds. The largest absolute Gasteiger partial charge is 0.444 e. The van der Waals surface area contributed by atoms with Gasteiger partial charge in [-0.3, -0.25) is 9.69 Å². The number of benzene rings is 1. The quantitative estimate of drug-likeness (QED) is 0.846. The summed E-state index contributed by atoms with van der Waals surface area (Å²) >= 11 is 0. The van der Waals surface area contributed by atoms with E-state index in [1.54, 1.807) is 7.05 Å². The Morgan fingerprint density at radius 1 is 1.19 bits per heavy atom. The van der Waals surface area contributed by atoms with Crippen LogP contribution in [0.2, 0.25) is 0 Å². The Bertz CT molecular complexity index is 608. The fraction of sp³-hybridized carbons (Fsp3) is 0.600. The highest BCUT2D eigenvalue weighted by molar-refractivity contribution is 5.93. The van der Waals surface area contributed by atoms with E-state index in [4.69, 9.17) is 4.74 Å². The van der Waals surface area contributed by atoms with Crippen molar-refractivity contribution in [2.45, 2.75) is 58.2 Å². The van der Waals surface area contributed by atoms with Gasteiger partial charge < -0.3 is 15.4 Å². The molecule has 144 valence electrons. The minimum atomic E-state index is -0.483. The molecule has 6 nitrogen and oxygen atoms in total. The Labute approximate surface area is 156 Å². The zero-order valence-electron chi connectivity index (χ0n) is 16.3. The van der Waals surface area contributed by atoms with Crippen molar-refractivity contribution >= 4 is 12.0 Å². The van der Waals surface area contributed by atoms with Crippen LogP contribution in [-0.4, -0.2) is 48.7 Å². The highest BCUT2D eigenvalue weighted by atomic mass is 16.6. The number of nitrogens with zero attached hydrogens (tertiary/aromatic N) is 1. The number of amides is 2. The molecule has 1 heterocycles. The fourth-order valence-corrected chi connectivity index (χ4v) is 3.16. The molecule has 6 heteroatoms. The van der Waals surface area contributed by atoms with E-state index in [9.17, 15) is 9.59 Å². The van der Waals surface area contributed by atoms with Crippen LogP contribution >= 0.6 is 0 Å². The number of nitrogens with one attached hydrogen (secondary N) is 2. The minimum Gasteiger partial charge on any atom is -0.444 e. The lowest BCUT2D eigenvalue weighted by atomic mass is 10.0. The molecule has 0 spiro atoms. The number of carbonyl (C=O) groups is 2. The van der Waals surface area contributed by atoms with Crippen LogP contribution in [0.25, 0.3) is 0 Å². The number of carbonyl (C=O) groups excluding carboxylic acids is 2. The van der Waals surface area contributed by atoms with E-state index in [0.717, 1.165) is 19.5 Å². The summed E-state index contributed by atoms with van der Waals surface area (Å²) in [6, 6.07) is 8.00. The molecule has 1 aliphatic heterocycles. The fourth-order valence-electron chi connectivity index (χ4n) is 3.16. The van der Waals surface area contributed by atoms with Crippen molar-refractivity contribution in [1.82, 2.24) is 15.5 Å². The second-order valence-corrected chi connectivity index (χ2v) is 7.78. The van der Waals surface area contributed by atoms with E-state index in [1.807, 2.05) is 45.0 Å². The van der Waals surface area contributed by atoms with Gasteiger partial charge in [-0.25, -0.2) is 4.79 Å². The standard InChI is InChI=1S/C20H31N3O3/c1-20(2,3)26-19(25)22-13-17-7-5-6-12-23(17)14-15-8-10-16(11-9-15)18(24)21-4/h8-11,17H,5-7,12-14H2,1-4H3,(H,21,24)(H,22,25)/t17-/m0/s1. The molecular weight excluding hydrogens is 330 g/mol. The number of piperidine rings is 1. The summed E-state index contributed by atoms with van der Waals surface area (Å²) in [6.45, 7) is 8.00. The number of alkyl carbamates (subject to hydrolysis) is 1. The molecular formula is C20H31N3O3. The van der Waals surface area contributed by atoms with Crippen LogP contribution in [0.15, 0.2) is 24.3 Å².